The zero-order chi connectivity index (χ0) is 20.8. The van der Waals surface area contributed by atoms with Gasteiger partial charge in [0, 0.05) is 6.42 Å². The van der Waals surface area contributed by atoms with Gasteiger partial charge in [-0.15, -0.1) is 0 Å². The maximum absolute atomic E-state index is 13.4. The average Bonchev–Trinajstić information content (AvgIpc) is 2.51. The molecule has 0 spiro atoms. The van der Waals surface area contributed by atoms with E-state index in [9.17, 15) is 26.4 Å². The summed E-state index contributed by atoms with van der Waals surface area (Å²) in [6.07, 6.45) is -1.33. The summed E-state index contributed by atoms with van der Waals surface area (Å²) in [6, 6.07) is 0. The lowest BCUT2D eigenvalue weighted by Gasteiger charge is -2.31. The molecule has 9 heteroatoms. The molecule has 0 aliphatic rings. The molecule has 3 atom stereocenters. The Morgan fingerprint density at radius 1 is 1.23 bits per heavy atom. The van der Waals surface area contributed by atoms with Gasteiger partial charge in [0.1, 0.15) is 0 Å². The molecular formula is C17H31F3O5S. The van der Waals surface area contributed by atoms with Gasteiger partial charge in [0.15, 0.2) is 6.17 Å². The van der Waals surface area contributed by atoms with Crippen molar-refractivity contribution in [1.82, 2.24) is 0 Å². The second-order valence-corrected chi connectivity index (χ2v) is 8.95. The summed E-state index contributed by atoms with van der Waals surface area (Å²) in [5.41, 5.74) is -0.826. The number of carbonyl (C=O) groups is 1. The van der Waals surface area contributed by atoms with Crippen molar-refractivity contribution in [3.8, 4) is 0 Å². The summed E-state index contributed by atoms with van der Waals surface area (Å²) in [5.74, 6) is 0.141. The molecule has 5 nitrogen and oxygen atoms in total. The van der Waals surface area contributed by atoms with Crippen LogP contribution in [0.5, 0.6) is 0 Å². The van der Waals surface area contributed by atoms with Gasteiger partial charge in [-0.25, -0.2) is 4.39 Å². The van der Waals surface area contributed by atoms with E-state index >= 15 is 0 Å². The van der Waals surface area contributed by atoms with Crippen molar-refractivity contribution in [2.24, 2.45) is 17.3 Å². The monoisotopic (exact) mass is 404 g/mol. The lowest BCUT2D eigenvalue weighted by atomic mass is 9.75. The normalized spacial score (nSPS) is 17.6. The van der Waals surface area contributed by atoms with Gasteiger partial charge in [-0.1, -0.05) is 34.1 Å². The third-order valence-corrected chi connectivity index (χ3v) is 5.65. The van der Waals surface area contributed by atoms with Crippen LogP contribution in [0.25, 0.3) is 0 Å². The topological polar surface area (TPSA) is 80.7 Å². The number of rotatable bonds is 12. The highest BCUT2D eigenvalue weighted by atomic mass is 32.2. The van der Waals surface area contributed by atoms with Crippen molar-refractivity contribution < 1.29 is 35.7 Å². The maximum atomic E-state index is 13.4. The first kappa shape index (κ1) is 25.2. The molecule has 1 N–H and O–H groups in total. The Morgan fingerprint density at radius 2 is 1.77 bits per heavy atom. The summed E-state index contributed by atoms with van der Waals surface area (Å²) in [5, 5.41) is -4.93. The molecule has 0 radical (unpaired) electrons. The summed E-state index contributed by atoms with van der Waals surface area (Å²) >= 11 is 0. The number of carbonyl (C=O) groups excluding carboxylic acids is 1. The van der Waals surface area contributed by atoms with E-state index in [2.05, 4.69) is 13.8 Å². The van der Waals surface area contributed by atoms with Crippen molar-refractivity contribution in [1.29, 1.82) is 0 Å². The standard InChI is InChI=1S/C17H31F3O5S/c1-6-13(10-12(3)4)11-16(5,7-2)15(21)25-9-8-14(18)17(19,20)26(22,23)24/h12-14H,6-11H2,1-5H3,(H,22,23,24). The molecule has 0 saturated carbocycles. The second-order valence-electron chi connectivity index (χ2n) is 7.45. The fourth-order valence-corrected chi connectivity index (χ4v) is 3.27. The third-order valence-electron chi connectivity index (χ3n) is 4.71. The van der Waals surface area contributed by atoms with E-state index < -0.39 is 46.0 Å². The van der Waals surface area contributed by atoms with Crippen LogP contribution in [-0.2, 0) is 19.6 Å². The Bertz CT molecular complexity index is 551. The van der Waals surface area contributed by atoms with Gasteiger partial charge < -0.3 is 4.74 Å². The highest BCUT2D eigenvalue weighted by molar-refractivity contribution is 7.86. The van der Waals surface area contributed by atoms with Gasteiger partial charge in [-0.2, -0.15) is 17.2 Å². The van der Waals surface area contributed by atoms with Gasteiger partial charge in [-0.3, -0.25) is 9.35 Å². The van der Waals surface area contributed by atoms with E-state index in [1.165, 1.54) is 0 Å². The van der Waals surface area contributed by atoms with E-state index in [0.717, 1.165) is 12.8 Å². The third kappa shape index (κ3) is 7.06. The summed E-state index contributed by atoms with van der Waals surface area (Å²) in [6.45, 7) is 9.04. The number of hydrogen-bond donors (Lipinski definition) is 1. The smallest absolute Gasteiger partial charge is 0.400 e. The van der Waals surface area contributed by atoms with Crippen LogP contribution in [0.4, 0.5) is 13.2 Å². The molecular weight excluding hydrogens is 373 g/mol. The molecule has 0 aromatic carbocycles. The Hall–Kier alpha value is -0.830. The second kappa shape index (κ2) is 9.92. The molecule has 0 aromatic heterocycles. The number of alkyl halides is 3. The van der Waals surface area contributed by atoms with Crippen LogP contribution in [-0.4, -0.2) is 37.0 Å². The first-order valence-electron chi connectivity index (χ1n) is 8.87. The minimum Gasteiger partial charge on any atom is -0.465 e. The molecule has 0 heterocycles. The predicted octanol–water partition coefficient (Wildman–Crippen LogP) is 4.62. The van der Waals surface area contributed by atoms with Crippen LogP contribution in [0.1, 0.15) is 66.7 Å². The summed E-state index contributed by atoms with van der Waals surface area (Å²) in [4.78, 5) is 12.4. The Balaban J connectivity index is 4.81. The highest BCUT2D eigenvalue weighted by Crippen LogP contribution is 2.36. The van der Waals surface area contributed by atoms with Crippen LogP contribution in [0.15, 0.2) is 0 Å². The zero-order valence-corrected chi connectivity index (χ0v) is 16.9. The van der Waals surface area contributed by atoms with Crippen molar-refractivity contribution in [3.63, 3.8) is 0 Å². The zero-order valence-electron chi connectivity index (χ0n) is 16.1. The first-order chi connectivity index (χ1) is 11.7. The van der Waals surface area contributed by atoms with E-state index in [-0.39, 0.29) is 0 Å². The molecule has 0 rings (SSSR count). The predicted molar refractivity (Wildman–Crippen MR) is 93.2 cm³/mol. The molecule has 0 aliphatic heterocycles. The van der Waals surface area contributed by atoms with E-state index in [4.69, 9.17) is 9.29 Å². The van der Waals surface area contributed by atoms with Crippen LogP contribution >= 0.6 is 0 Å². The molecule has 0 fully saturated rings. The molecule has 0 aromatic rings. The number of halogens is 3. The van der Waals surface area contributed by atoms with Crippen molar-refractivity contribution in [2.45, 2.75) is 78.1 Å². The molecule has 0 aliphatic carbocycles. The van der Waals surface area contributed by atoms with E-state index in [1.54, 1.807) is 6.92 Å². The number of hydrogen-bond acceptors (Lipinski definition) is 4. The molecule has 156 valence electrons. The van der Waals surface area contributed by atoms with Crippen LogP contribution < -0.4 is 0 Å². The summed E-state index contributed by atoms with van der Waals surface area (Å²) in [7, 11) is -5.87. The van der Waals surface area contributed by atoms with Crippen LogP contribution in [0, 0.1) is 17.3 Å². The van der Waals surface area contributed by atoms with Crippen LogP contribution in [0.2, 0.25) is 0 Å². The molecule has 26 heavy (non-hydrogen) atoms. The Kier molecular flexibility index (Phi) is 9.60. The maximum Gasteiger partial charge on any atom is 0.400 e. The average molecular weight is 404 g/mol. The van der Waals surface area contributed by atoms with Crippen molar-refractivity contribution in [2.75, 3.05) is 6.61 Å². The fraction of sp³-hybridized carbons (Fsp3) is 0.941. The van der Waals surface area contributed by atoms with E-state index in [1.807, 2.05) is 13.8 Å². The minimum absolute atomic E-state index is 0.297. The van der Waals surface area contributed by atoms with Crippen molar-refractivity contribution in [3.05, 3.63) is 0 Å². The van der Waals surface area contributed by atoms with Crippen LogP contribution in [0.3, 0.4) is 0 Å². The molecule has 0 saturated heterocycles. The van der Waals surface area contributed by atoms with Gasteiger partial charge in [0.2, 0.25) is 0 Å². The van der Waals surface area contributed by atoms with Gasteiger partial charge in [0.05, 0.1) is 12.0 Å². The lowest BCUT2D eigenvalue weighted by molar-refractivity contribution is -0.157. The highest BCUT2D eigenvalue weighted by Gasteiger charge is 2.52. The lowest BCUT2D eigenvalue weighted by Crippen LogP contribution is -2.39. The quantitative estimate of drug-likeness (QED) is 0.379. The Labute approximate surface area is 154 Å². The molecule has 3 unspecified atom stereocenters. The largest absolute Gasteiger partial charge is 0.465 e. The minimum atomic E-state index is -5.87. The summed E-state index contributed by atoms with van der Waals surface area (Å²) < 4.78 is 74.0. The first-order valence-corrected chi connectivity index (χ1v) is 10.3. The van der Waals surface area contributed by atoms with Gasteiger partial charge >= 0.3 is 21.3 Å². The van der Waals surface area contributed by atoms with Gasteiger partial charge in [0.25, 0.3) is 0 Å². The number of ether oxygens (including phenoxy) is 1. The Morgan fingerprint density at radius 3 is 2.15 bits per heavy atom. The molecule has 0 bridgehead atoms. The van der Waals surface area contributed by atoms with Crippen molar-refractivity contribution >= 4 is 16.1 Å². The SMILES string of the molecule is CCC(CC(C)C)CC(C)(CC)C(=O)OCCC(F)C(F)(F)S(=O)(=O)O. The number of esters is 1. The fourth-order valence-electron chi connectivity index (χ4n) is 2.83. The molecule has 0 amide bonds. The van der Waals surface area contributed by atoms with Gasteiger partial charge in [-0.05, 0) is 38.0 Å². The van der Waals surface area contributed by atoms with E-state index in [0.29, 0.717) is 24.7 Å².